The van der Waals surface area contributed by atoms with Gasteiger partial charge in [-0.2, -0.15) is 5.10 Å². The Morgan fingerprint density at radius 2 is 1.64 bits per heavy atom. The third-order valence-corrected chi connectivity index (χ3v) is 12.3. The summed E-state index contributed by atoms with van der Waals surface area (Å²) in [5, 5.41) is 45.0. The van der Waals surface area contributed by atoms with Crippen molar-refractivity contribution in [1.82, 2.24) is 30.3 Å². The number of benzene rings is 5. The normalized spacial score (nSPS) is 14.7. The first-order valence-electron chi connectivity index (χ1n) is 22.0. The van der Waals surface area contributed by atoms with Crippen LogP contribution in [0, 0.1) is 5.92 Å². The summed E-state index contributed by atoms with van der Waals surface area (Å²) in [5.74, 6) is -0.530. The Kier molecular flexibility index (Phi) is 14.0. The number of aliphatic hydroxyl groups is 2. The molecule has 1 saturated heterocycles. The second-order valence-corrected chi connectivity index (χ2v) is 16.8. The van der Waals surface area contributed by atoms with Crippen molar-refractivity contribution >= 4 is 22.8 Å². The Balaban J connectivity index is 0.912. The first-order valence-corrected chi connectivity index (χ1v) is 22.0. The number of amides is 1. The number of carbonyl (C=O) groups excluding carboxylic acids is 2. The van der Waals surface area contributed by atoms with Crippen LogP contribution >= 0.6 is 0 Å². The predicted molar refractivity (Wildman–Crippen MR) is 251 cm³/mol. The molecule has 1 aliphatic rings. The molecule has 5 aromatic carbocycles. The smallest absolute Gasteiger partial charge is 0.347 e. The van der Waals surface area contributed by atoms with Gasteiger partial charge in [-0.05, 0) is 84.4 Å². The van der Waals surface area contributed by atoms with Crippen LogP contribution in [0.4, 0.5) is 0 Å². The maximum absolute atomic E-state index is 14.1. The summed E-state index contributed by atoms with van der Waals surface area (Å²) in [6.07, 6.45) is 2.65. The van der Waals surface area contributed by atoms with E-state index in [2.05, 4.69) is 49.9 Å². The van der Waals surface area contributed by atoms with Crippen molar-refractivity contribution in [3.63, 3.8) is 0 Å². The molecule has 6 N–H and O–H groups in total. The van der Waals surface area contributed by atoms with Gasteiger partial charge in [0.1, 0.15) is 11.5 Å². The highest BCUT2D eigenvalue weighted by Gasteiger charge is 2.42. The molecule has 1 fully saturated rings. The van der Waals surface area contributed by atoms with E-state index < -0.39 is 17.7 Å². The van der Waals surface area contributed by atoms with E-state index in [1.807, 2.05) is 24.4 Å². The number of aliphatic hydroxyl groups excluding tert-OH is 1. The van der Waals surface area contributed by atoms with Gasteiger partial charge in [0.05, 0.1) is 37.6 Å². The van der Waals surface area contributed by atoms with Crippen LogP contribution in [-0.2, 0) is 41.8 Å². The molecule has 340 valence electrons. The molecule has 7 aromatic rings. The molecule has 2 atom stereocenters. The Bertz CT molecular complexity index is 2860. The maximum atomic E-state index is 14.1. The molecule has 2 aromatic heterocycles. The van der Waals surface area contributed by atoms with Gasteiger partial charge in [-0.25, -0.2) is 4.79 Å². The molecule has 0 saturated carbocycles. The highest BCUT2D eigenvalue weighted by Crippen LogP contribution is 2.35. The summed E-state index contributed by atoms with van der Waals surface area (Å²) in [6.45, 7) is 3.45. The minimum absolute atomic E-state index is 0.0811. The highest BCUT2D eigenvalue weighted by molar-refractivity contribution is 5.95. The zero-order chi connectivity index (χ0) is 46.2. The number of likely N-dealkylation sites (tertiary alicyclic amines) is 1. The molecule has 14 nitrogen and oxygen atoms in total. The third kappa shape index (κ3) is 10.2. The number of nitrogens with one attached hydrogen (secondary N) is 3. The number of carbonyl (C=O) groups is 2. The molecular weight excluding hydrogens is 837 g/mol. The first kappa shape index (κ1) is 45.5. The van der Waals surface area contributed by atoms with Crippen LogP contribution in [-0.4, -0.2) is 80.2 Å². The number of hydrogen-bond donors (Lipinski definition) is 6. The Morgan fingerprint density at radius 1 is 0.894 bits per heavy atom. The molecule has 0 radical (unpaired) electrons. The topological polar surface area (TPSA) is 191 Å². The average Bonchev–Trinajstić information content (AvgIpc) is 3.73. The number of rotatable bonds is 17. The second kappa shape index (κ2) is 20.4. The number of fused-ring (bicyclic) bond motifs is 1. The number of methoxy groups -OCH3 is 1. The van der Waals surface area contributed by atoms with E-state index in [9.17, 15) is 29.7 Å². The van der Waals surface area contributed by atoms with E-state index in [-0.39, 0.29) is 48.3 Å². The fraction of sp³-hybridized carbons (Fsp3) is 0.269. The minimum atomic E-state index is -2.09. The summed E-state index contributed by atoms with van der Waals surface area (Å²) < 4.78 is 13.3. The third-order valence-electron chi connectivity index (χ3n) is 12.3. The monoisotopic (exact) mass is 890 g/mol. The van der Waals surface area contributed by atoms with E-state index in [1.54, 1.807) is 84.5 Å². The fourth-order valence-electron chi connectivity index (χ4n) is 8.65. The predicted octanol–water partition coefficient (Wildman–Crippen LogP) is 6.09. The zero-order valence-electron chi connectivity index (χ0n) is 36.9. The molecular formula is C52H54N6O8. The zero-order valence-corrected chi connectivity index (χ0v) is 36.9. The Hall–Kier alpha value is -7.10. The summed E-state index contributed by atoms with van der Waals surface area (Å²) in [4.78, 5) is 44.5. The standard InChI is InChI=1S/C52H54N6O8/c1-57-32-43(36-12-9-15-40(26-36)52(64,39-13-7-4-8-14-39)51(63)66-33-35-22-24-58(25-23-35)31-34-10-5-3-6-11-34)44(56-57)29-54-50(62)37-16-17-38(47(27-37)65-2)28-53-30-46(60)41-18-20-45(59)49-42(41)19-21-48(61)55-49/h3-21,26-27,32,35,46,53,59-60,64H,22-25,28-31,33H2,1-2H3,(H,54,62)(H,55,61). The molecule has 1 amide bonds. The molecule has 3 heterocycles. The maximum Gasteiger partial charge on any atom is 0.347 e. The number of esters is 1. The van der Waals surface area contributed by atoms with Gasteiger partial charge in [0.2, 0.25) is 11.2 Å². The van der Waals surface area contributed by atoms with Gasteiger partial charge in [-0.1, -0.05) is 91.0 Å². The average molecular weight is 891 g/mol. The van der Waals surface area contributed by atoms with Crippen LogP contribution in [0.2, 0.25) is 0 Å². The van der Waals surface area contributed by atoms with Gasteiger partial charge in [0.15, 0.2) is 0 Å². The lowest BCUT2D eigenvalue weighted by Gasteiger charge is -2.33. The molecule has 0 bridgehead atoms. The molecule has 0 aliphatic carbocycles. The summed E-state index contributed by atoms with van der Waals surface area (Å²) >= 11 is 0. The Morgan fingerprint density at radius 3 is 2.39 bits per heavy atom. The molecule has 8 rings (SSSR count). The fourth-order valence-corrected chi connectivity index (χ4v) is 8.65. The number of nitrogens with zero attached hydrogens (tertiary/aromatic N) is 3. The number of aromatic amines is 1. The van der Waals surface area contributed by atoms with Gasteiger partial charge in [0.25, 0.3) is 5.91 Å². The number of phenols is 1. The molecule has 2 unspecified atom stereocenters. The van der Waals surface area contributed by atoms with Gasteiger partial charge < -0.3 is 40.4 Å². The van der Waals surface area contributed by atoms with Crippen LogP contribution in [0.15, 0.2) is 138 Å². The van der Waals surface area contributed by atoms with E-state index in [0.717, 1.165) is 38.0 Å². The van der Waals surface area contributed by atoms with E-state index in [1.165, 1.54) is 24.8 Å². The lowest BCUT2D eigenvalue weighted by atomic mass is 9.85. The lowest BCUT2D eigenvalue weighted by molar-refractivity contribution is -0.164. The Labute approximate surface area is 382 Å². The minimum Gasteiger partial charge on any atom is -0.506 e. The van der Waals surface area contributed by atoms with Crippen molar-refractivity contribution in [3.05, 3.63) is 183 Å². The number of hydrogen-bond acceptors (Lipinski definition) is 11. The molecule has 14 heteroatoms. The van der Waals surface area contributed by atoms with Crippen LogP contribution in [0.1, 0.15) is 62.8 Å². The quantitative estimate of drug-likeness (QED) is 0.0581. The summed E-state index contributed by atoms with van der Waals surface area (Å²) in [5.41, 5.74) is 3.45. The van der Waals surface area contributed by atoms with Gasteiger partial charge in [0, 0.05) is 66.6 Å². The summed E-state index contributed by atoms with van der Waals surface area (Å²) in [7, 11) is 3.30. The molecule has 0 spiro atoms. The van der Waals surface area contributed by atoms with Crippen molar-refractivity contribution in [1.29, 1.82) is 0 Å². The number of ether oxygens (including phenoxy) is 2. The number of aryl methyl sites for hydroxylation is 1. The van der Waals surface area contributed by atoms with Gasteiger partial charge in [-0.3, -0.25) is 19.2 Å². The van der Waals surface area contributed by atoms with Crippen LogP contribution in [0.25, 0.3) is 22.0 Å². The van der Waals surface area contributed by atoms with Crippen molar-refractivity contribution < 1.29 is 34.4 Å². The van der Waals surface area contributed by atoms with Crippen molar-refractivity contribution in [2.45, 2.75) is 44.2 Å². The summed E-state index contributed by atoms with van der Waals surface area (Å²) in [6, 6.07) is 37.4. The van der Waals surface area contributed by atoms with E-state index in [0.29, 0.717) is 56.8 Å². The van der Waals surface area contributed by atoms with Crippen LogP contribution in [0.5, 0.6) is 11.5 Å². The van der Waals surface area contributed by atoms with E-state index >= 15 is 0 Å². The second-order valence-electron chi connectivity index (χ2n) is 16.8. The van der Waals surface area contributed by atoms with Crippen LogP contribution in [0.3, 0.4) is 0 Å². The van der Waals surface area contributed by atoms with Crippen LogP contribution < -0.4 is 20.9 Å². The van der Waals surface area contributed by atoms with Crippen molar-refractivity contribution in [3.8, 4) is 22.6 Å². The van der Waals surface area contributed by atoms with Crippen molar-refractivity contribution in [2.75, 3.05) is 33.4 Å². The number of piperidine rings is 1. The van der Waals surface area contributed by atoms with Crippen molar-refractivity contribution in [2.24, 2.45) is 13.0 Å². The van der Waals surface area contributed by atoms with Gasteiger partial charge >= 0.3 is 5.97 Å². The molecule has 66 heavy (non-hydrogen) atoms. The highest BCUT2D eigenvalue weighted by atomic mass is 16.5. The number of phenolic OH excluding ortho intramolecular Hbond substituents is 1. The SMILES string of the molecule is COc1cc(C(=O)NCc2nn(C)cc2-c2cccc(C(O)(C(=O)OCC3CCN(Cc4ccccc4)CC3)c3ccccc3)c2)ccc1CNCC(O)c1ccc(O)c2[nH]c(=O)ccc12. The number of aromatic hydroxyl groups is 1. The molecule has 1 aliphatic heterocycles. The number of H-pyrrole nitrogens is 1. The number of pyridine rings is 1. The van der Waals surface area contributed by atoms with Gasteiger partial charge in [-0.15, -0.1) is 0 Å². The largest absolute Gasteiger partial charge is 0.506 e. The first-order chi connectivity index (χ1) is 32.0. The number of aromatic nitrogens is 3. The lowest BCUT2D eigenvalue weighted by Crippen LogP contribution is -2.40. The van der Waals surface area contributed by atoms with E-state index in [4.69, 9.17) is 9.47 Å².